The first-order chi connectivity index (χ1) is 11.7. The summed E-state index contributed by atoms with van der Waals surface area (Å²) in [5.74, 6) is -0.423. The molecular weight excluding hydrogens is 302 g/mol. The van der Waals surface area contributed by atoms with Gasteiger partial charge in [-0.25, -0.2) is 0 Å². The average molecular weight is 333 g/mol. The van der Waals surface area contributed by atoms with Crippen LogP contribution in [0.25, 0.3) is 0 Å². The Morgan fingerprint density at radius 2 is 1.92 bits per heavy atom. The third kappa shape index (κ3) is 4.71. The van der Waals surface area contributed by atoms with Crippen LogP contribution in [0.2, 0.25) is 0 Å². The Kier molecular flexibility index (Phi) is 7.54. The number of hydrogen-bond acceptors (Lipinski definition) is 3. The molecule has 2 rings (SSSR count). The van der Waals surface area contributed by atoms with Crippen LogP contribution in [-0.4, -0.2) is 34.3 Å². The number of aliphatic hydroxyl groups excluding tert-OH is 1. The Bertz CT molecular complexity index is 507. The smallest absolute Gasteiger partial charge is 0.261 e. The van der Waals surface area contributed by atoms with Crippen molar-refractivity contribution in [2.24, 2.45) is 0 Å². The van der Waals surface area contributed by atoms with Crippen molar-refractivity contribution in [1.29, 1.82) is 0 Å². The quantitative estimate of drug-likeness (QED) is 0.365. The summed E-state index contributed by atoms with van der Waals surface area (Å²) in [6, 6.07) is -0.242. The second-order valence-electron chi connectivity index (χ2n) is 6.91. The summed E-state index contributed by atoms with van der Waals surface area (Å²) in [5.41, 5.74) is 0.0606. The molecule has 0 radical (unpaired) electrons. The van der Waals surface area contributed by atoms with Crippen molar-refractivity contribution < 1.29 is 14.7 Å². The van der Waals surface area contributed by atoms with Crippen molar-refractivity contribution in [1.82, 2.24) is 4.90 Å². The third-order valence-corrected chi connectivity index (χ3v) is 4.99. The number of amides is 1. The Hall–Kier alpha value is -1.58. The SMILES string of the molecule is CCCCCC/C=C\CCCC(=O)C1=C(O)[C@@H]2CCCCN2C1=O. The summed E-state index contributed by atoms with van der Waals surface area (Å²) >= 11 is 0. The van der Waals surface area contributed by atoms with Gasteiger partial charge in [-0.2, -0.15) is 0 Å². The van der Waals surface area contributed by atoms with Crippen LogP contribution in [0, 0.1) is 0 Å². The Labute approximate surface area is 145 Å². The fourth-order valence-corrected chi connectivity index (χ4v) is 3.57. The van der Waals surface area contributed by atoms with Crippen LogP contribution < -0.4 is 0 Å². The molecule has 0 aromatic heterocycles. The number of fused-ring (bicyclic) bond motifs is 1. The fourth-order valence-electron chi connectivity index (χ4n) is 3.57. The lowest BCUT2D eigenvalue weighted by Crippen LogP contribution is -2.39. The summed E-state index contributed by atoms with van der Waals surface area (Å²) in [6.45, 7) is 2.87. The average Bonchev–Trinajstić information content (AvgIpc) is 2.85. The van der Waals surface area contributed by atoms with E-state index in [-0.39, 0.29) is 29.1 Å². The highest BCUT2D eigenvalue weighted by atomic mass is 16.3. The largest absolute Gasteiger partial charge is 0.509 e. The minimum Gasteiger partial charge on any atom is -0.509 e. The van der Waals surface area contributed by atoms with Gasteiger partial charge in [-0.05, 0) is 44.9 Å². The molecule has 0 spiro atoms. The third-order valence-electron chi connectivity index (χ3n) is 4.99. The van der Waals surface area contributed by atoms with Crippen molar-refractivity contribution in [3.05, 3.63) is 23.5 Å². The zero-order valence-electron chi connectivity index (χ0n) is 14.9. The van der Waals surface area contributed by atoms with E-state index in [2.05, 4.69) is 19.1 Å². The van der Waals surface area contributed by atoms with E-state index in [1.54, 1.807) is 4.90 Å². The molecule has 2 heterocycles. The van der Waals surface area contributed by atoms with Gasteiger partial charge in [-0.15, -0.1) is 0 Å². The van der Waals surface area contributed by atoms with Crippen LogP contribution in [0.3, 0.4) is 0 Å². The Morgan fingerprint density at radius 3 is 2.62 bits per heavy atom. The van der Waals surface area contributed by atoms with E-state index in [1.807, 2.05) is 0 Å². The number of carbonyl (C=O) groups excluding carboxylic acids is 2. The molecule has 1 fully saturated rings. The van der Waals surface area contributed by atoms with Gasteiger partial charge in [0, 0.05) is 13.0 Å². The van der Waals surface area contributed by atoms with E-state index in [0.717, 1.165) is 38.5 Å². The lowest BCUT2D eigenvalue weighted by atomic mass is 10.0. The zero-order chi connectivity index (χ0) is 17.4. The molecule has 24 heavy (non-hydrogen) atoms. The number of rotatable bonds is 10. The number of nitrogens with zero attached hydrogens (tertiary/aromatic N) is 1. The van der Waals surface area contributed by atoms with Gasteiger partial charge >= 0.3 is 0 Å². The number of hydrogen-bond donors (Lipinski definition) is 1. The van der Waals surface area contributed by atoms with Gasteiger partial charge in [0.25, 0.3) is 5.91 Å². The van der Waals surface area contributed by atoms with Gasteiger partial charge in [0.05, 0.1) is 6.04 Å². The maximum absolute atomic E-state index is 12.3. The predicted octanol–water partition coefficient (Wildman–Crippen LogP) is 4.46. The first-order valence-electron chi connectivity index (χ1n) is 9.59. The predicted molar refractivity (Wildman–Crippen MR) is 95.8 cm³/mol. The van der Waals surface area contributed by atoms with Crippen LogP contribution in [0.1, 0.15) is 77.6 Å². The van der Waals surface area contributed by atoms with Gasteiger partial charge in [-0.1, -0.05) is 38.3 Å². The van der Waals surface area contributed by atoms with Crippen LogP contribution in [-0.2, 0) is 9.59 Å². The molecule has 2 aliphatic heterocycles. The van der Waals surface area contributed by atoms with E-state index in [9.17, 15) is 14.7 Å². The van der Waals surface area contributed by atoms with Gasteiger partial charge < -0.3 is 10.0 Å². The number of unbranched alkanes of at least 4 members (excludes halogenated alkanes) is 5. The number of allylic oxidation sites excluding steroid dienone is 2. The molecule has 0 aliphatic carbocycles. The molecule has 1 saturated heterocycles. The first kappa shape index (κ1) is 18.8. The van der Waals surface area contributed by atoms with Gasteiger partial charge in [0.2, 0.25) is 0 Å². The highest BCUT2D eigenvalue weighted by molar-refractivity contribution is 6.21. The molecule has 1 amide bonds. The van der Waals surface area contributed by atoms with Gasteiger partial charge in [-0.3, -0.25) is 9.59 Å². The first-order valence-corrected chi connectivity index (χ1v) is 9.59. The van der Waals surface area contributed by atoms with Crippen LogP contribution in [0.4, 0.5) is 0 Å². The Morgan fingerprint density at radius 1 is 1.17 bits per heavy atom. The standard InChI is InChI=1S/C20H31NO3/c1-2-3-4-5-6-7-8-9-10-14-17(22)18-19(23)16-13-11-12-15-21(16)20(18)24/h7-8,16,23H,2-6,9-15H2,1H3/b8-7-/t16-/m0/s1. The van der Waals surface area contributed by atoms with Crippen molar-refractivity contribution in [2.45, 2.75) is 83.6 Å². The topological polar surface area (TPSA) is 57.6 Å². The van der Waals surface area contributed by atoms with Crippen LogP contribution in [0.15, 0.2) is 23.5 Å². The molecule has 1 N–H and O–H groups in total. The molecule has 4 heteroatoms. The fraction of sp³-hybridized carbons (Fsp3) is 0.700. The van der Waals surface area contributed by atoms with Gasteiger partial charge in [0.1, 0.15) is 11.3 Å². The molecular formula is C20H31NO3. The normalized spacial score (nSPS) is 21.0. The van der Waals surface area contributed by atoms with E-state index in [1.165, 1.54) is 25.7 Å². The second-order valence-corrected chi connectivity index (χ2v) is 6.91. The second kappa shape index (κ2) is 9.65. The van der Waals surface area contributed by atoms with Crippen molar-refractivity contribution >= 4 is 11.7 Å². The summed E-state index contributed by atoms with van der Waals surface area (Å²) in [4.78, 5) is 26.3. The highest BCUT2D eigenvalue weighted by Crippen LogP contribution is 2.32. The van der Waals surface area contributed by atoms with Crippen molar-refractivity contribution in [3.63, 3.8) is 0 Å². The molecule has 0 unspecified atom stereocenters. The summed E-state index contributed by atoms with van der Waals surface area (Å²) in [6.07, 6.45) is 15.2. The number of carbonyl (C=O) groups is 2. The number of aliphatic hydroxyl groups is 1. The van der Waals surface area contributed by atoms with Gasteiger partial charge in [0.15, 0.2) is 5.78 Å². The number of Topliss-reactive ketones (excluding diaryl/α,β-unsaturated/α-hetero) is 1. The minimum atomic E-state index is -0.256. The molecule has 0 aromatic rings. The molecule has 1 atom stereocenters. The molecule has 0 saturated carbocycles. The maximum Gasteiger partial charge on any atom is 0.261 e. The summed E-state index contributed by atoms with van der Waals surface area (Å²) in [7, 11) is 0. The molecule has 0 bridgehead atoms. The number of ketones is 1. The minimum absolute atomic E-state index is 0.0242. The van der Waals surface area contributed by atoms with Crippen molar-refractivity contribution in [3.8, 4) is 0 Å². The Balaban J connectivity index is 1.71. The van der Waals surface area contributed by atoms with Crippen LogP contribution in [0.5, 0.6) is 0 Å². The van der Waals surface area contributed by atoms with Crippen LogP contribution >= 0.6 is 0 Å². The molecule has 134 valence electrons. The lowest BCUT2D eigenvalue weighted by molar-refractivity contribution is -0.130. The molecule has 4 nitrogen and oxygen atoms in total. The summed E-state index contributed by atoms with van der Waals surface area (Å²) < 4.78 is 0. The van der Waals surface area contributed by atoms with Crippen molar-refractivity contribution in [2.75, 3.05) is 6.54 Å². The van der Waals surface area contributed by atoms with E-state index >= 15 is 0 Å². The molecule has 0 aromatic carbocycles. The monoisotopic (exact) mass is 333 g/mol. The summed E-state index contributed by atoms with van der Waals surface area (Å²) in [5, 5.41) is 10.3. The lowest BCUT2D eigenvalue weighted by Gasteiger charge is -2.29. The van der Waals surface area contributed by atoms with E-state index in [4.69, 9.17) is 0 Å². The van der Waals surface area contributed by atoms with E-state index < -0.39 is 0 Å². The highest BCUT2D eigenvalue weighted by Gasteiger charge is 2.42. The van der Waals surface area contributed by atoms with E-state index in [0.29, 0.717) is 13.0 Å². The molecule has 2 aliphatic rings. The zero-order valence-corrected chi connectivity index (χ0v) is 14.9. The maximum atomic E-state index is 12.3. The number of piperidine rings is 1.